The summed E-state index contributed by atoms with van der Waals surface area (Å²) in [6, 6.07) is 16.8. The Bertz CT molecular complexity index is 727. The molecule has 0 amide bonds. The summed E-state index contributed by atoms with van der Waals surface area (Å²) >= 11 is 0. The first-order valence-corrected chi connectivity index (χ1v) is 9.29. The van der Waals surface area contributed by atoms with E-state index in [-0.39, 0.29) is 0 Å². The van der Waals surface area contributed by atoms with Crippen molar-refractivity contribution in [3.05, 3.63) is 65.2 Å². The average Bonchev–Trinajstić information content (AvgIpc) is 3.06. The van der Waals surface area contributed by atoms with Crippen molar-refractivity contribution in [2.75, 3.05) is 13.2 Å². The molecule has 1 aliphatic heterocycles. The maximum Gasteiger partial charge on any atom is 0.120 e. The van der Waals surface area contributed by atoms with Gasteiger partial charge >= 0.3 is 0 Å². The fraction of sp³-hybridized carbons (Fsp3) is 0.391. The lowest BCUT2D eigenvalue weighted by Crippen LogP contribution is -2.16. The standard InChI is InChI=1S/C23H27NO/c1-3-19(4-2)18-25-23-13-7-9-20(15-23)10-8-14-24-16-21-11-5-6-12-22(21)17-24/h5-7,9,11-13,15,19H,3-4,14,16-18H2,1-2H3. The zero-order chi connectivity index (χ0) is 17.5. The molecule has 3 rings (SSSR count). The Kier molecular flexibility index (Phi) is 6.14. The minimum Gasteiger partial charge on any atom is -0.493 e. The van der Waals surface area contributed by atoms with Gasteiger partial charge in [-0.05, 0) is 35.2 Å². The van der Waals surface area contributed by atoms with Gasteiger partial charge in [-0.25, -0.2) is 0 Å². The van der Waals surface area contributed by atoms with E-state index in [1.807, 2.05) is 18.2 Å². The Morgan fingerprint density at radius 2 is 1.72 bits per heavy atom. The molecule has 2 aromatic carbocycles. The highest BCUT2D eigenvalue weighted by Gasteiger charge is 2.16. The van der Waals surface area contributed by atoms with Gasteiger partial charge in [0.2, 0.25) is 0 Å². The summed E-state index contributed by atoms with van der Waals surface area (Å²) < 4.78 is 5.93. The van der Waals surface area contributed by atoms with E-state index in [1.54, 1.807) is 0 Å². The van der Waals surface area contributed by atoms with Crippen molar-refractivity contribution in [3.8, 4) is 17.6 Å². The van der Waals surface area contributed by atoms with Gasteiger partial charge in [-0.15, -0.1) is 0 Å². The molecule has 2 nitrogen and oxygen atoms in total. The third-order valence-corrected chi connectivity index (χ3v) is 4.92. The van der Waals surface area contributed by atoms with Gasteiger partial charge in [-0.2, -0.15) is 0 Å². The monoisotopic (exact) mass is 333 g/mol. The molecule has 0 saturated carbocycles. The topological polar surface area (TPSA) is 12.5 Å². The number of hydrogen-bond donors (Lipinski definition) is 0. The summed E-state index contributed by atoms with van der Waals surface area (Å²) in [5.74, 6) is 8.15. The molecule has 0 atom stereocenters. The lowest BCUT2D eigenvalue weighted by atomic mass is 10.1. The van der Waals surface area contributed by atoms with Crippen LogP contribution in [0.15, 0.2) is 48.5 Å². The smallest absolute Gasteiger partial charge is 0.120 e. The van der Waals surface area contributed by atoms with Crippen LogP contribution in [0.4, 0.5) is 0 Å². The second kappa shape index (κ2) is 8.74. The molecule has 0 saturated heterocycles. The lowest BCUT2D eigenvalue weighted by molar-refractivity contribution is 0.240. The third-order valence-electron chi connectivity index (χ3n) is 4.92. The Balaban J connectivity index is 1.54. The lowest BCUT2D eigenvalue weighted by Gasteiger charge is -2.13. The molecule has 2 aromatic rings. The van der Waals surface area contributed by atoms with Gasteiger partial charge in [0.05, 0.1) is 13.2 Å². The predicted molar refractivity (Wildman–Crippen MR) is 103 cm³/mol. The summed E-state index contributed by atoms with van der Waals surface area (Å²) in [4.78, 5) is 2.38. The zero-order valence-corrected chi connectivity index (χ0v) is 15.3. The second-order valence-electron chi connectivity index (χ2n) is 6.74. The first-order chi connectivity index (χ1) is 12.3. The van der Waals surface area contributed by atoms with Crippen LogP contribution in [-0.2, 0) is 13.1 Å². The van der Waals surface area contributed by atoms with Crippen LogP contribution in [0.3, 0.4) is 0 Å². The third kappa shape index (κ3) is 4.87. The van der Waals surface area contributed by atoms with Crippen LogP contribution in [-0.4, -0.2) is 18.1 Å². The first kappa shape index (κ1) is 17.6. The van der Waals surface area contributed by atoms with Crippen LogP contribution in [0, 0.1) is 17.8 Å². The highest BCUT2D eigenvalue weighted by Crippen LogP contribution is 2.21. The number of benzene rings is 2. The maximum atomic E-state index is 5.93. The van der Waals surface area contributed by atoms with Crippen molar-refractivity contribution in [1.82, 2.24) is 4.90 Å². The van der Waals surface area contributed by atoms with Crippen molar-refractivity contribution in [2.24, 2.45) is 5.92 Å². The van der Waals surface area contributed by atoms with Crippen LogP contribution in [0.5, 0.6) is 5.75 Å². The maximum absolute atomic E-state index is 5.93. The van der Waals surface area contributed by atoms with Crippen molar-refractivity contribution < 1.29 is 4.74 Å². The Morgan fingerprint density at radius 1 is 1.00 bits per heavy atom. The summed E-state index contributed by atoms with van der Waals surface area (Å²) in [5, 5.41) is 0. The van der Waals surface area contributed by atoms with E-state index in [9.17, 15) is 0 Å². The first-order valence-electron chi connectivity index (χ1n) is 9.29. The molecule has 0 fully saturated rings. The highest BCUT2D eigenvalue weighted by atomic mass is 16.5. The molecule has 0 radical (unpaired) electrons. The molecule has 130 valence electrons. The number of rotatable bonds is 6. The largest absolute Gasteiger partial charge is 0.493 e. The summed E-state index contributed by atoms with van der Waals surface area (Å²) in [6.45, 7) is 8.03. The summed E-state index contributed by atoms with van der Waals surface area (Å²) in [5.41, 5.74) is 3.89. The molecular formula is C23H27NO. The van der Waals surface area contributed by atoms with E-state index in [0.29, 0.717) is 5.92 Å². The van der Waals surface area contributed by atoms with Gasteiger partial charge in [0, 0.05) is 18.7 Å². The van der Waals surface area contributed by atoms with E-state index in [1.165, 1.54) is 11.1 Å². The number of nitrogens with zero attached hydrogens (tertiary/aromatic N) is 1. The molecule has 0 N–H and O–H groups in total. The Morgan fingerprint density at radius 3 is 2.40 bits per heavy atom. The van der Waals surface area contributed by atoms with Crippen molar-refractivity contribution in [2.45, 2.75) is 39.8 Å². The van der Waals surface area contributed by atoms with Gasteiger partial charge in [0.15, 0.2) is 0 Å². The fourth-order valence-electron chi connectivity index (χ4n) is 3.17. The highest BCUT2D eigenvalue weighted by molar-refractivity contribution is 5.40. The van der Waals surface area contributed by atoms with Crippen LogP contribution < -0.4 is 4.74 Å². The SMILES string of the molecule is CCC(CC)COc1cccc(C#CCN2Cc3ccccc3C2)c1. The van der Waals surface area contributed by atoms with Crippen molar-refractivity contribution >= 4 is 0 Å². The van der Waals surface area contributed by atoms with Crippen LogP contribution in [0.25, 0.3) is 0 Å². The van der Waals surface area contributed by atoms with Crippen LogP contribution in [0.2, 0.25) is 0 Å². The molecule has 0 aliphatic carbocycles. The molecule has 1 heterocycles. The zero-order valence-electron chi connectivity index (χ0n) is 15.3. The number of hydrogen-bond acceptors (Lipinski definition) is 2. The quantitative estimate of drug-likeness (QED) is 0.699. The van der Waals surface area contributed by atoms with Crippen LogP contribution >= 0.6 is 0 Å². The molecule has 0 spiro atoms. The molecule has 0 unspecified atom stereocenters. The van der Waals surface area contributed by atoms with Crippen LogP contribution in [0.1, 0.15) is 43.4 Å². The molecule has 0 bridgehead atoms. The molecule has 0 aromatic heterocycles. The molecule has 2 heteroatoms. The van der Waals surface area contributed by atoms with Gasteiger partial charge < -0.3 is 4.74 Å². The van der Waals surface area contributed by atoms with E-state index < -0.39 is 0 Å². The van der Waals surface area contributed by atoms with E-state index in [2.05, 4.69) is 60.9 Å². The van der Waals surface area contributed by atoms with Gasteiger partial charge in [-0.3, -0.25) is 4.90 Å². The average molecular weight is 333 g/mol. The normalized spacial score (nSPS) is 13.4. The van der Waals surface area contributed by atoms with E-state index >= 15 is 0 Å². The Hall–Kier alpha value is -2.24. The predicted octanol–water partition coefficient (Wildman–Crippen LogP) is 4.87. The fourth-order valence-corrected chi connectivity index (χ4v) is 3.17. The van der Waals surface area contributed by atoms with E-state index in [0.717, 1.165) is 50.4 Å². The minimum atomic E-state index is 0.631. The van der Waals surface area contributed by atoms with Gasteiger partial charge in [0.1, 0.15) is 5.75 Å². The molecule has 25 heavy (non-hydrogen) atoms. The molecule has 1 aliphatic rings. The van der Waals surface area contributed by atoms with Gasteiger partial charge in [-0.1, -0.05) is 68.9 Å². The minimum absolute atomic E-state index is 0.631. The Labute approximate surface area is 151 Å². The summed E-state index contributed by atoms with van der Waals surface area (Å²) in [6.07, 6.45) is 2.32. The van der Waals surface area contributed by atoms with E-state index in [4.69, 9.17) is 4.74 Å². The number of fused-ring (bicyclic) bond motifs is 1. The van der Waals surface area contributed by atoms with Crippen molar-refractivity contribution in [1.29, 1.82) is 0 Å². The van der Waals surface area contributed by atoms with Crippen molar-refractivity contribution in [3.63, 3.8) is 0 Å². The second-order valence-corrected chi connectivity index (χ2v) is 6.74. The number of ether oxygens (including phenoxy) is 1. The van der Waals surface area contributed by atoms with Gasteiger partial charge in [0.25, 0.3) is 0 Å². The summed E-state index contributed by atoms with van der Waals surface area (Å²) in [7, 11) is 0. The molecular weight excluding hydrogens is 306 g/mol.